The summed E-state index contributed by atoms with van der Waals surface area (Å²) < 4.78 is 11.1. The van der Waals surface area contributed by atoms with Crippen molar-refractivity contribution in [3.63, 3.8) is 0 Å². The van der Waals surface area contributed by atoms with Crippen LogP contribution in [0.5, 0.6) is 11.5 Å². The predicted octanol–water partition coefficient (Wildman–Crippen LogP) is 6.83. The van der Waals surface area contributed by atoms with Gasteiger partial charge in [0, 0.05) is 55.4 Å². The fraction of sp³-hybridized carbons (Fsp3) is 0.344. The lowest BCUT2D eigenvalue weighted by molar-refractivity contribution is 0.0591. The first-order valence-electron chi connectivity index (χ1n) is 13.9. The van der Waals surface area contributed by atoms with Gasteiger partial charge in [-0.25, -0.2) is 14.8 Å². The minimum atomic E-state index is -0.549. The Bertz CT molecular complexity index is 1540. The number of aromatic amines is 1. The van der Waals surface area contributed by atoms with Crippen LogP contribution in [0.3, 0.4) is 0 Å². The topological polar surface area (TPSA) is 83.6 Å². The van der Waals surface area contributed by atoms with Gasteiger partial charge in [-0.15, -0.1) is 0 Å². The van der Waals surface area contributed by atoms with Gasteiger partial charge in [-0.2, -0.15) is 0 Å². The first-order chi connectivity index (χ1) is 19.8. The normalized spacial score (nSPS) is 14.8. The molecule has 0 unspecified atom stereocenters. The molecule has 0 aliphatic carbocycles. The van der Waals surface area contributed by atoms with Crippen molar-refractivity contribution in [2.24, 2.45) is 5.92 Å². The van der Waals surface area contributed by atoms with Crippen LogP contribution in [0.2, 0.25) is 5.02 Å². The summed E-state index contributed by atoms with van der Waals surface area (Å²) in [7, 11) is 1.34. The highest BCUT2D eigenvalue weighted by Gasteiger charge is 2.23. The van der Waals surface area contributed by atoms with Crippen molar-refractivity contribution in [1.29, 1.82) is 0 Å². The first-order valence-corrected chi connectivity index (χ1v) is 14.3. The Hall–Kier alpha value is -3.88. The Morgan fingerprint density at radius 1 is 1.05 bits per heavy atom. The third-order valence-corrected chi connectivity index (χ3v) is 7.59. The van der Waals surface area contributed by atoms with Gasteiger partial charge in [0.1, 0.15) is 11.4 Å². The van der Waals surface area contributed by atoms with E-state index in [0.717, 1.165) is 60.9 Å². The summed E-state index contributed by atoms with van der Waals surface area (Å²) >= 11 is 6.15. The summed E-state index contributed by atoms with van der Waals surface area (Å²) in [5.74, 6) is 0.872. The molecule has 8 nitrogen and oxygen atoms in total. The van der Waals surface area contributed by atoms with Crippen molar-refractivity contribution < 1.29 is 14.3 Å². The van der Waals surface area contributed by atoms with Crippen LogP contribution in [0.15, 0.2) is 66.6 Å². The van der Waals surface area contributed by atoms with E-state index in [1.165, 1.54) is 23.8 Å². The number of hydrogen-bond acceptors (Lipinski definition) is 7. The molecule has 3 aromatic heterocycles. The number of H-pyrrole nitrogens is 1. The number of nitrogens with zero attached hydrogens (tertiary/aromatic N) is 4. The van der Waals surface area contributed by atoms with E-state index in [1.54, 1.807) is 12.4 Å². The highest BCUT2D eigenvalue weighted by molar-refractivity contribution is 6.30. The molecule has 0 saturated carbocycles. The van der Waals surface area contributed by atoms with Gasteiger partial charge in [0.25, 0.3) is 0 Å². The van der Waals surface area contributed by atoms with Crippen molar-refractivity contribution in [3.05, 3.63) is 82.9 Å². The number of pyridine rings is 2. The van der Waals surface area contributed by atoms with E-state index >= 15 is 0 Å². The Morgan fingerprint density at radius 3 is 2.51 bits per heavy atom. The molecule has 0 spiro atoms. The fourth-order valence-electron chi connectivity index (χ4n) is 5.23. The van der Waals surface area contributed by atoms with Crippen molar-refractivity contribution in [2.45, 2.75) is 27.2 Å². The van der Waals surface area contributed by atoms with E-state index in [0.29, 0.717) is 17.4 Å². The number of piperazine rings is 1. The molecule has 9 heteroatoms. The monoisotopic (exact) mass is 573 g/mol. The van der Waals surface area contributed by atoms with Crippen molar-refractivity contribution in [3.8, 4) is 11.5 Å². The molecule has 4 heterocycles. The average Bonchev–Trinajstić information content (AvgIpc) is 3.44. The summed E-state index contributed by atoms with van der Waals surface area (Å²) in [6.45, 7) is 11.2. The lowest BCUT2D eigenvalue weighted by Gasteiger charge is -2.36. The van der Waals surface area contributed by atoms with Crippen molar-refractivity contribution in [2.75, 3.05) is 44.7 Å². The zero-order chi connectivity index (χ0) is 28.9. The Morgan fingerprint density at radius 2 is 1.80 bits per heavy atom. The number of methoxy groups -OCH3 is 1. The van der Waals surface area contributed by atoms with Crippen LogP contribution in [0.1, 0.15) is 43.2 Å². The van der Waals surface area contributed by atoms with Crippen LogP contribution in [0.25, 0.3) is 16.6 Å². The molecule has 1 fully saturated rings. The number of fused-ring (bicyclic) bond motifs is 1. The van der Waals surface area contributed by atoms with Crippen LogP contribution in [-0.4, -0.2) is 65.7 Å². The minimum Gasteiger partial charge on any atom is -0.464 e. The quantitative estimate of drug-likeness (QED) is 0.220. The standard InChI is InChI=1S/C32H36ClN5O3/c1-21(2)15-28(23-5-7-25(33)8-6-23)22(3)20-37-11-13-38(14-12-37)26-17-29(30(35-18-26)32(39)40-4)41-27-16-24-9-10-34-31(24)36-19-27/h5-10,16-19,21H,11-15,20H2,1-4H3,(H,34,36)/b28-22-. The molecule has 1 saturated heterocycles. The van der Waals surface area contributed by atoms with Gasteiger partial charge in [0.15, 0.2) is 11.4 Å². The second-order valence-electron chi connectivity index (χ2n) is 10.8. The number of carbonyl (C=O) groups is 1. The molecule has 1 aliphatic rings. The molecule has 1 aromatic carbocycles. The maximum Gasteiger partial charge on any atom is 0.360 e. The van der Waals surface area contributed by atoms with E-state index in [1.807, 2.05) is 36.5 Å². The number of halogens is 1. The Kier molecular flexibility index (Phi) is 8.90. The van der Waals surface area contributed by atoms with Crippen LogP contribution in [-0.2, 0) is 4.74 Å². The number of esters is 1. The van der Waals surface area contributed by atoms with Gasteiger partial charge >= 0.3 is 5.97 Å². The van der Waals surface area contributed by atoms with Gasteiger partial charge < -0.3 is 19.4 Å². The number of nitrogens with one attached hydrogen (secondary N) is 1. The van der Waals surface area contributed by atoms with E-state index in [2.05, 4.69) is 57.7 Å². The molecular formula is C32H36ClN5O3. The van der Waals surface area contributed by atoms with Crippen LogP contribution in [0, 0.1) is 5.92 Å². The number of aromatic nitrogens is 3. The van der Waals surface area contributed by atoms with Gasteiger partial charge in [0.2, 0.25) is 0 Å². The van der Waals surface area contributed by atoms with Gasteiger partial charge in [0.05, 0.1) is 25.2 Å². The van der Waals surface area contributed by atoms with Crippen LogP contribution in [0.4, 0.5) is 5.69 Å². The van der Waals surface area contributed by atoms with E-state index in [9.17, 15) is 4.79 Å². The SMILES string of the molecule is COC(=O)c1ncc(N2CCN(C/C(C)=C(/CC(C)C)c3ccc(Cl)cc3)CC2)cc1Oc1cnc2[nH]ccc2c1. The summed E-state index contributed by atoms with van der Waals surface area (Å²) in [5, 5.41) is 1.67. The summed E-state index contributed by atoms with van der Waals surface area (Å²) in [5.41, 5.74) is 5.83. The molecule has 0 atom stereocenters. The zero-order valence-electron chi connectivity index (χ0n) is 24.0. The number of rotatable bonds is 9. The fourth-order valence-corrected chi connectivity index (χ4v) is 5.36. The number of ether oxygens (including phenoxy) is 2. The molecule has 0 bridgehead atoms. The number of carbonyl (C=O) groups excluding carboxylic acids is 1. The second-order valence-corrected chi connectivity index (χ2v) is 11.3. The number of allylic oxidation sites excluding steroid dienone is 1. The van der Waals surface area contributed by atoms with E-state index < -0.39 is 5.97 Å². The number of anilines is 1. The molecule has 1 aliphatic heterocycles. The maximum atomic E-state index is 12.5. The van der Waals surface area contributed by atoms with Crippen molar-refractivity contribution in [1.82, 2.24) is 19.9 Å². The molecule has 41 heavy (non-hydrogen) atoms. The summed E-state index contributed by atoms with van der Waals surface area (Å²) in [6, 6.07) is 13.8. The third-order valence-electron chi connectivity index (χ3n) is 7.34. The van der Waals surface area contributed by atoms with Crippen LogP contribution >= 0.6 is 11.6 Å². The molecule has 0 radical (unpaired) electrons. The Balaban J connectivity index is 1.30. The van der Waals surface area contributed by atoms with Gasteiger partial charge in [-0.3, -0.25) is 4.90 Å². The third kappa shape index (κ3) is 6.89. The second kappa shape index (κ2) is 12.7. The number of hydrogen-bond donors (Lipinski definition) is 1. The molecular weight excluding hydrogens is 538 g/mol. The first kappa shape index (κ1) is 28.6. The smallest absolute Gasteiger partial charge is 0.360 e. The summed E-state index contributed by atoms with van der Waals surface area (Å²) in [6.07, 6.45) is 6.19. The lowest BCUT2D eigenvalue weighted by atomic mass is 9.92. The predicted molar refractivity (Wildman–Crippen MR) is 164 cm³/mol. The average molecular weight is 574 g/mol. The molecule has 0 amide bonds. The molecule has 214 valence electrons. The number of benzene rings is 1. The molecule has 4 aromatic rings. The highest BCUT2D eigenvalue weighted by atomic mass is 35.5. The zero-order valence-corrected chi connectivity index (χ0v) is 24.7. The minimum absolute atomic E-state index is 0.129. The lowest BCUT2D eigenvalue weighted by Crippen LogP contribution is -2.47. The van der Waals surface area contributed by atoms with Gasteiger partial charge in [-0.05, 0) is 54.7 Å². The molecule has 1 N–H and O–H groups in total. The van der Waals surface area contributed by atoms with E-state index in [-0.39, 0.29) is 5.69 Å². The largest absolute Gasteiger partial charge is 0.464 e. The van der Waals surface area contributed by atoms with Gasteiger partial charge in [-0.1, -0.05) is 43.2 Å². The Labute approximate surface area is 246 Å². The van der Waals surface area contributed by atoms with Crippen LogP contribution < -0.4 is 9.64 Å². The molecule has 5 rings (SSSR count). The summed E-state index contributed by atoms with van der Waals surface area (Å²) in [4.78, 5) is 29.1. The highest BCUT2D eigenvalue weighted by Crippen LogP contribution is 2.31. The van der Waals surface area contributed by atoms with E-state index in [4.69, 9.17) is 21.1 Å². The maximum absolute atomic E-state index is 12.5. The van der Waals surface area contributed by atoms with Crippen molar-refractivity contribution >= 4 is 39.9 Å².